The lowest BCUT2D eigenvalue weighted by molar-refractivity contribution is -0.116. The van der Waals surface area contributed by atoms with E-state index in [1.54, 1.807) is 0 Å². The van der Waals surface area contributed by atoms with Crippen LogP contribution in [-0.4, -0.2) is 18.5 Å². The Morgan fingerprint density at radius 1 is 1.53 bits per heavy atom. The molecule has 0 radical (unpaired) electrons. The Hall–Kier alpha value is -1.26. The summed E-state index contributed by atoms with van der Waals surface area (Å²) in [5.74, 6) is -0.156. The van der Waals surface area contributed by atoms with E-state index in [-0.39, 0.29) is 5.91 Å². The molecule has 3 N–H and O–H groups in total. The molecule has 2 atom stereocenters. The van der Waals surface area contributed by atoms with Crippen molar-refractivity contribution in [1.82, 2.24) is 0 Å². The second-order valence-electron chi connectivity index (χ2n) is 5.26. The van der Waals surface area contributed by atoms with Crippen LogP contribution in [0.2, 0.25) is 5.02 Å². The van der Waals surface area contributed by atoms with Crippen molar-refractivity contribution >= 4 is 28.9 Å². The van der Waals surface area contributed by atoms with E-state index in [9.17, 15) is 4.79 Å². The van der Waals surface area contributed by atoms with Gasteiger partial charge in [-0.2, -0.15) is 0 Å². The summed E-state index contributed by atoms with van der Waals surface area (Å²) >= 11 is 6.39. The standard InChI is InChI=1S/C14H18ClN3O/c1-2-8-4-3-5-18(8)12-7-11-9(6-10(12)15)13(16)14(19)17-11/h6-8,13H,2-5,16H2,1H3,(H,17,19). The minimum absolute atomic E-state index is 0.156. The van der Waals surface area contributed by atoms with E-state index < -0.39 is 6.04 Å². The lowest BCUT2D eigenvalue weighted by Gasteiger charge is -2.27. The fourth-order valence-electron chi connectivity index (χ4n) is 3.09. The lowest BCUT2D eigenvalue weighted by atomic mass is 10.1. The summed E-state index contributed by atoms with van der Waals surface area (Å²) in [5.41, 5.74) is 8.45. The summed E-state index contributed by atoms with van der Waals surface area (Å²) in [6, 6.07) is 3.75. The van der Waals surface area contributed by atoms with Crippen LogP contribution in [0.4, 0.5) is 11.4 Å². The van der Waals surface area contributed by atoms with Crippen molar-refractivity contribution in [2.75, 3.05) is 16.8 Å². The van der Waals surface area contributed by atoms with E-state index >= 15 is 0 Å². The molecule has 3 rings (SSSR count). The summed E-state index contributed by atoms with van der Waals surface area (Å²) in [5, 5.41) is 3.51. The second-order valence-corrected chi connectivity index (χ2v) is 5.66. The number of rotatable bonds is 2. The second kappa shape index (κ2) is 4.69. The third-order valence-electron chi connectivity index (χ3n) is 4.15. The first kappa shape index (κ1) is 12.8. The summed E-state index contributed by atoms with van der Waals surface area (Å²) < 4.78 is 0. The van der Waals surface area contributed by atoms with E-state index in [0.29, 0.717) is 11.1 Å². The number of carbonyl (C=O) groups excluding carboxylic acids is 1. The van der Waals surface area contributed by atoms with Gasteiger partial charge in [0, 0.05) is 23.8 Å². The maximum absolute atomic E-state index is 11.6. The van der Waals surface area contributed by atoms with Gasteiger partial charge in [0.25, 0.3) is 0 Å². The Balaban J connectivity index is 2.00. The van der Waals surface area contributed by atoms with Crippen LogP contribution in [-0.2, 0) is 4.79 Å². The molecule has 1 fully saturated rings. The maximum Gasteiger partial charge on any atom is 0.245 e. The van der Waals surface area contributed by atoms with Gasteiger partial charge in [0.15, 0.2) is 0 Å². The number of nitrogens with two attached hydrogens (primary N) is 1. The van der Waals surface area contributed by atoms with Crippen LogP contribution in [0, 0.1) is 0 Å². The predicted molar refractivity (Wildman–Crippen MR) is 77.7 cm³/mol. The number of nitrogens with one attached hydrogen (secondary N) is 1. The summed E-state index contributed by atoms with van der Waals surface area (Å²) in [6.07, 6.45) is 3.51. The highest BCUT2D eigenvalue weighted by molar-refractivity contribution is 6.33. The number of halogens is 1. The third kappa shape index (κ3) is 1.99. The fraction of sp³-hybridized carbons (Fsp3) is 0.500. The summed E-state index contributed by atoms with van der Waals surface area (Å²) in [7, 11) is 0. The van der Waals surface area contributed by atoms with Crippen LogP contribution in [0.25, 0.3) is 0 Å². The van der Waals surface area contributed by atoms with Gasteiger partial charge in [-0.15, -0.1) is 0 Å². The molecule has 19 heavy (non-hydrogen) atoms. The molecule has 1 saturated heterocycles. The summed E-state index contributed by atoms with van der Waals surface area (Å²) in [6.45, 7) is 3.22. The molecular weight excluding hydrogens is 262 g/mol. The predicted octanol–water partition coefficient (Wildman–Crippen LogP) is 2.67. The smallest absolute Gasteiger partial charge is 0.245 e. The van der Waals surface area contributed by atoms with Crippen molar-refractivity contribution in [2.24, 2.45) is 5.73 Å². The fourth-order valence-corrected chi connectivity index (χ4v) is 3.37. The van der Waals surface area contributed by atoms with E-state index in [1.165, 1.54) is 12.8 Å². The number of amides is 1. The van der Waals surface area contributed by atoms with Crippen LogP contribution in [0.5, 0.6) is 0 Å². The molecule has 0 spiro atoms. The number of fused-ring (bicyclic) bond motifs is 1. The molecule has 5 heteroatoms. The van der Waals surface area contributed by atoms with Crippen LogP contribution < -0.4 is 16.0 Å². The van der Waals surface area contributed by atoms with E-state index in [1.807, 2.05) is 12.1 Å². The molecule has 1 aromatic rings. The van der Waals surface area contributed by atoms with Crippen LogP contribution in [0.3, 0.4) is 0 Å². The van der Waals surface area contributed by atoms with Gasteiger partial charge in [-0.1, -0.05) is 18.5 Å². The molecule has 2 unspecified atom stereocenters. The van der Waals surface area contributed by atoms with Crippen LogP contribution >= 0.6 is 11.6 Å². The number of nitrogens with zero attached hydrogens (tertiary/aromatic N) is 1. The first-order chi connectivity index (χ1) is 9.11. The van der Waals surface area contributed by atoms with Gasteiger partial charge < -0.3 is 16.0 Å². The molecule has 1 amide bonds. The third-order valence-corrected chi connectivity index (χ3v) is 4.45. The van der Waals surface area contributed by atoms with Gasteiger partial charge >= 0.3 is 0 Å². The summed E-state index contributed by atoms with van der Waals surface area (Å²) in [4.78, 5) is 13.9. The van der Waals surface area contributed by atoms with Gasteiger partial charge in [0.2, 0.25) is 5.91 Å². The highest BCUT2D eigenvalue weighted by atomic mass is 35.5. The SMILES string of the molecule is CCC1CCCN1c1cc2c(cc1Cl)C(N)C(=O)N2. The van der Waals surface area contributed by atoms with Crippen LogP contribution in [0.1, 0.15) is 37.8 Å². The minimum atomic E-state index is -0.595. The maximum atomic E-state index is 11.6. The van der Waals surface area contributed by atoms with Crippen LogP contribution in [0.15, 0.2) is 12.1 Å². The number of benzene rings is 1. The van der Waals surface area contributed by atoms with Gasteiger partial charge in [0.1, 0.15) is 6.04 Å². The molecular formula is C14H18ClN3O. The Morgan fingerprint density at radius 2 is 2.32 bits per heavy atom. The van der Waals surface area contributed by atoms with Crippen molar-refractivity contribution in [3.63, 3.8) is 0 Å². The first-order valence-electron chi connectivity index (χ1n) is 6.78. The monoisotopic (exact) mass is 279 g/mol. The van der Waals surface area contributed by atoms with Gasteiger partial charge in [-0.05, 0) is 31.4 Å². The highest BCUT2D eigenvalue weighted by Gasteiger charge is 2.31. The molecule has 0 bridgehead atoms. The van der Waals surface area contributed by atoms with Crippen molar-refractivity contribution < 1.29 is 4.79 Å². The van der Waals surface area contributed by atoms with Crippen molar-refractivity contribution in [3.8, 4) is 0 Å². The van der Waals surface area contributed by atoms with Gasteiger partial charge in [0.05, 0.1) is 10.7 Å². The number of hydrogen-bond donors (Lipinski definition) is 2. The molecule has 102 valence electrons. The molecule has 2 heterocycles. The van der Waals surface area contributed by atoms with Gasteiger partial charge in [-0.3, -0.25) is 4.79 Å². The van der Waals surface area contributed by atoms with Gasteiger partial charge in [-0.25, -0.2) is 0 Å². The van der Waals surface area contributed by atoms with E-state index in [4.69, 9.17) is 17.3 Å². The zero-order valence-electron chi connectivity index (χ0n) is 10.9. The Kier molecular flexibility index (Phi) is 3.15. The van der Waals surface area contributed by atoms with Crippen molar-refractivity contribution in [1.29, 1.82) is 0 Å². The molecule has 0 aromatic heterocycles. The van der Waals surface area contributed by atoms with E-state index in [0.717, 1.165) is 29.9 Å². The average molecular weight is 280 g/mol. The quantitative estimate of drug-likeness (QED) is 0.875. The first-order valence-corrected chi connectivity index (χ1v) is 7.16. The number of hydrogen-bond acceptors (Lipinski definition) is 3. The largest absolute Gasteiger partial charge is 0.367 e. The van der Waals surface area contributed by atoms with E-state index in [2.05, 4.69) is 17.1 Å². The topological polar surface area (TPSA) is 58.4 Å². The number of anilines is 2. The molecule has 2 aliphatic heterocycles. The Morgan fingerprint density at radius 3 is 3.05 bits per heavy atom. The molecule has 4 nitrogen and oxygen atoms in total. The Bertz CT molecular complexity index is 532. The Labute approximate surface area is 117 Å². The zero-order chi connectivity index (χ0) is 13.6. The minimum Gasteiger partial charge on any atom is -0.367 e. The molecule has 2 aliphatic rings. The highest BCUT2D eigenvalue weighted by Crippen LogP contribution is 2.40. The molecule has 1 aromatic carbocycles. The van der Waals surface area contributed by atoms with Crippen molar-refractivity contribution in [3.05, 3.63) is 22.7 Å². The number of carbonyl (C=O) groups is 1. The molecule has 0 aliphatic carbocycles. The molecule has 0 saturated carbocycles. The zero-order valence-corrected chi connectivity index (χ0v) is 11.7. The lowest BCUT2D eigenvalue weighted by Crippen LogP contribution is -2.28. The average Bonchev–Trinajstić information content (AvgIpc) is 2.96. The normalized spacial score (nSPS) is 25.6. The van der Waals surface area contributed by atoms with Crippen molar-refractivity contribution in [2.45, 2.75) is 38.3 Å².